The fourth-order valence-corrected chi connectivity index (χ4v) is 2.77. The first-order chi connectivity index (χ1) is 15.9. The summed E-state index contributed by atoms with van der Waals surface area (Å²) < 4.78 is 23.9. The largest absolute Gasteiger partial charge is 0.456 e. The number of rotatable bonds is 7. The van der Waals surface area contributed by atoms with Crippen LogP contribution >= 0.6 is 11.6 Å². The smallest absolute Gasteiger partial charge is 0.437 e. The van der Waals surface area contributed by atoms with Crippen molar-refractivity contribution in [1.29, 1.82) is 0 Å². The van der Waals surface area contributed by atoms with E-state index in [0.717, 1.165) is 4.68 Å². The normalized spacial score (nSPS) is 10.7. The van der Waals surface area contributed by atoms with Gasteiger partial charge in [-0.1, -0.05) is 11.6 Å². The van der Waals surface area contributed by atoms with Crippen molar-refractivity contribution in [3.63, 3.8) is 0 Å². The summed E-state index contributed by atoms with van der Waals surface area (Å²) in [5.74, 6) is -2.01. The Bertz CT molecular complexity index is 1340. The molecule has 0 bridgehead atoms. The van der Waals surface area contributed by atoms with Gasteiger partial charge in [0.2, 0.25) is 17.8 Å². The Morgan fingerprint density at radius 1 is 1.12 bits per heavy atom. The molecule has 0 unspecified atom stereocenters. The van der Waals surface area contributed by atoms with Crippen molar-refractivity contribution in [1.82, 2.24) is 24.7 Å². The zero-order valence-corrected chi connectivity index (χ0v) is 17.5. The van der Waals surface area contributed by atoms with E-state index in [0.29, 0.717) is 16.3 Å². The Labute approximate surface area is 190 Å². The first-order valence-electron chi connectivity index (χ1n) is 9.38. The molecule has 2 aromatic carbocycles. The molecular weight excluding hydrogens is 457 g/mol. The molecule has 0 saturated carbocycles. The molecule has 33 heavy (non-hydrogen) atoms. The highest BCUT2D eigenvalue weighted by Crippen LogP contribution is 2.17. The summed E-state index contributed by atoms with van der Waals surface area (Å²) in [6, 6.07) is 12.0. The number of nitrogen functional groups attached to an aromatic ring is 1. The Morgan fingerprint density at radius 2 is 1.85 bits per heavy atom. The first-order valence-corrected chi connectivity index (χ1v) is 9.76. The molecule has 0 amide bonds. The molecule has 2 aromatic heterocycles. The van der Waals surface area contributed by atoms with Crippen LogP contribution in [-0.4, -0.2) is 30.7 Å². The van der Waals surface area contributed by atoms with Gasteiger partial charge in [-0.3, -0.25) is 4.79 Å². The lowest BCUT2D eigenvalue weighted by Gasteiger charge is -2.08. The van der Waals surface area contributed by atoms with Gasteiger partial charge in [0.1, 0.15) is 12.4 Å². The van der Waals surface area contributed by atoms with E-state index >= 15 is 0 Å². The maximum atomic E-state index is 13.0. The molecule has 0 aliphatic rings. The number of benzene rings is 2. The first kappa shape index (κ1) is 21.9. The minimum atomic E-state index is -0.870. The zero-order valence-electron chi connectivity index (χ0n) is 16.7. The molecule has 13 heteroatoms. The molecule has 168 valence electrons. The van der Waals surface area contributed by atoms with Crippen LogP contribution in [0.5, 0.6) is 0 Å². The number of anilines is 3. The third-order valence-corrected chi connectivity index (χ3v) is 4.39. The Morgan fingerprint density at radius 3 is 2.58 bits per heavy atom. The van der Waals surface area contributed by atoms with Crippen molar-refractivity contribution in [3.05, 3.63) is 75.7 Å². The molecule has 3 N–H and O–H groups in total. The minimum Gasteiger partial charge on any atom is -0.456 e. The van der Waals surface area contributed by atoms with Gasteiger partial charge < -0.3 is 20.2 Å². The number of ether oxygens (including phenoxy) is 1. The molecule has 0 atom stereocenters. The number of carbonyl (C=O) groups excluding carboxylic acids is 1. The number of hydrogen-bond acceptors (Lipinski definition) is 10. The van der Waals surface area contributed by atoms with E-state index < -0.39 is 24.1 Å². The van der Waals surface area contributed by atoms with Crippen molar-refractivity contribution < 1.29 is 18.3 Å². The number of hydrogen-bond donors (Lipinski definition) is 2. The molecule has 0 fully saturated rings. The van der Waals surface area contributed by atoms with E-state index in [1.807, 2.05) is 0 Å². The van der Waals surface area contributed by atoms with Gasteiger partial charge in [-0.25, -0.2) is 9.18 Å². The van der Waals surface area contributed by atoms with Crippen LogP contribution in [0.4, 0.5) is 22.0 Å². The number of carbonyl (C=O) groups is 1. The van der Waals surface area contributed by atoms with Gasteiger partial charge in [0, 0.05) is 16.3 Å². The summed E-state index contributed by atoms with van der Waals surface area (Å²) in [5, 5.41) is 7.42. The maximum Gasteiger partial charge on any atom is 0.437 e. The molecule has 0 radical (unpaired) electrons. The molecule has 2 heterocycles. The van der Waals surface area contributed by atoms with Gasteiger partial charge >= 0.3 is 11.7 Å². The lowest BCUT2D eigenvalue weighted by atomic mass is 10.2. The molecule has 4 rings (SSSR count). The van der Waals surface area contributed by atoms with Crippen LogP contribution in [0.15, 0.2) is 57.7 Å². The number of halogens is 2. The van der Waals surface area contributed by atoms with Crippen LogP contribution in [0.3, 0.4) is 0 Å². The molecule has 0 spiro atoms. The van der Waals surface area contributed by atoms with E-state index in [-0.39, 0.29) is 30.2 Å². The Hall–Kier alpha value is -4.32. The third-order valence-electron chi connectivity index (χ3n) is 4.14. The van der Waals surface area contributed by atoms with E-state index in [1.54, 1.807) is 24.3 Å². The summed E-state index contributed by atoms with van der Waals surface area (Å²) in [5.41, 5.74) is 6.74. The van der Waals surface area contributed by atoms with Crippen molar-refractivity contribution in [2.45, 2.75) is 13.2 Å². The van der Waals surface area contributed by atoms with E-state index in [4.69, 9.17) is 26.5 Å². The highest BCUT2D eigenvalue weighted by molar-refractivity contribution is 6.30. The van der Waals surface area contributed by atoms with Gasteiger partial charge in [0.25, 0.3) is 0 Å². The number of nitrogens with two attached hydrogens (primary N) is 1. The summed E-state index contributed by atoms with van der Waals surface area (Å²) in [4.78, 5) is 36.2. The van der Waals surface area contributed by atoms with Crippen LogP contribution < -0.4 is 16.8 Å². The molecule has 11 nitrogen and oxygen atoms in total. The number of nitrogens with zero attached hydrogens (tertiary/aromatic N) is 5. The highest BCUT2D eigenvalue weighted by atomic mass is 35.5. The molecule has 4 aromatic rings. The predicted octanol–water partition coefficient (Wildman–Crippen LogP) is 2.55. The van der Waals surface area contributed by atoms with Gasteiger partial charge in [-0.2, -0.15) is 19.6 Å². The quantitative estimate of drug-likeness (QED) is 0.384. The van der Waals surface area contributed by atoms with Crippen molar-refractivity contribution in [3.8, 4) is 11.5 Å². The third kappa shape index (κ3) is 5.68. The minimum absolute atomic E-state index is 0.0593. The van der Waals surface area contributed by atoms with Crippen molar-refractivity contribution in [2.24, 2.45) is 0 Å². The number of esters is 1. The van der Waals surface area contributed by atoms with Crippen LogP contribution in [-0.2, 0) is 22.7 Å². The van der Waals surface area contributed by atoms with Crippen molar-refractivity contribution >= 4 is 35.2 Å². The van der Waals surface area contributed by atoms with E-state index in [1.165, 1.54) is 24.3 Å². The van der Waals surface area contributed by atoms with Gasteiger partial charge in [-0.15, -0.1) is 5.10 Å². The second kappa shape index (κ2) is 9.44. The average Bonchev–Trinajstić information content (AvgIpc) is 3.14. The lowest BCUT2D eigenvalue weighted by molar-refractivity contribution is -0.146. The average molecular weight is 472 g/mol. The fourth-order valence-electron chi connectivity index (χ4n) is 2.65. The van der Waals surface area contributed by atoms with Gasteiger partial charge in [0.05, 0.1) is 0 Å². The maximum absolute atomic E-state index is 13.0. The fraction of sp³-hybridized carbons (Fsp3) is 0.100. The zero-order chi connectivity index (χ0) is 23.4. The van der Waals surface area contributed by atoms with E-state index in [9.17, 15) is 14.0 Å². The second-order valence-corrected chi connectivity index (χ2v) is 7.00. The number of aromatic nitrogens is 5. The van der Waals surface area contributed by atoms with E-state index in [2.05, 4.69) is 25.4 Å². The van der Waals surface area contributed by atoms with Crippen LogP contribution in [0.1, 0.15) is 5.82 Å². The standard InChI is InChI=1S/C20H15ClFN7O4/c21-12-3-7-14(8-4-12)24-19-26-15(25-18(23)27-19)10-32-16(30)9-29-20(31)33-17(28-29)11-1-5-13(22)6-2-11/h1-8H,9-10H2,(H3,23,24,25,26,27). The highest BCUT2D eigenvalue weighted by Gasteiger charge is 2.15. The summed E-state index contributed by atoms with van der Waals surface area (Å²) in [7, 11) is 0. The Kier molecular flexibility index (Phi) is 6.26. The lowest BCUT2D eigenvalue weighted by Crippen LogP contribution is -2.23. The van der Waals surface area contributed by atoms with Crippen LogP contribution in [0.2, 0.25) is 5.02 Å². The number of nitrogens with one attached hydrogen (secondary N) is 1. The van der Waals surface area contributed by atoms with Crippen LogP contribution in [0, 0.1) is 5.82 Å². The molecule has 0 saturated heterocycles. The Balaban J connectivity index is 1.39. The summed E-state index contributed by atoms with van der Waals surface area (Å²) >= 11 is 5.86. The summed E-state index contributed by atoms with van der Waals surface area (Å²) in [6.07, 6.45) is 0. The molecule has 0 aliphatic carbocycles. The monoisotopic (exact) mass is 471 g/mol. The van der Waals surface area contributed by atoms with Crippen molar-refractivity contribution in [2.75, 3.05) is 11.1 Å². The SMILES string of the molecule is Nc1nc(COC(=O)Cn2nc(-c3ccc(F)cc3)oc2=O)nc(Nc2ccc(Cl)cc2)n1. The topological polar surface area (TPSA) is 151 Å². The molecular formula is C20H15ClFN7O4. The van der Waals surface area contributed by atoms with Gasteiger partial charge in [-0.05, 0) is 48.5 Å². The predicted molar refractivity (Wildman–Crippen MR) is 115 cm³/mol. The summed E-state index contributed by atoms with van der Waals surface area (Å²) in [6.45, 7) is -0.835. The second-order valence-electron chi connectivity index (χ2n) is 6.56. The molecule has 0 aliphatic heterocycles. The van der Waals surface area contributed by atoms with Crippen LogP contribution in [0.25, 0.3) is 11.5 Å². The van der Waals surface area contributed by atoms with Gasteiger partial charge in [0.15, 0.2) is 12.4 Å².